The Morgan fingerprint density at radius 2 is 1.82 bits per heavy atom. The first kappa shape index (κ1) is 14.3. The van der Waals surface area contributed by atoms with Crippen LogP contribution >= 0.6 is 0 Å². The number of amides is 1. The van der Waals surface area contributed by atoms with Crippen LogP contribution in [0.4, 0.5) is 0 Å². The molecular formula is C18H26N2O2. The number of rotatable bonds is 2. The molecule has 3 fully saturated rings. The van der Waals surface area contributed by atoms with Crippen LogP contribution in [0.5, 0.6) is 0 Å². The number of likely N-dealkylation sites (tertiary alicyclic amines) is 1. The number of aromatic nitrogens is 1. The normalized spacial score (nSPS) is 29.5. The average Bonchev–Trinajstić information content (AvgIpc) is 2.85. The van der Waals surface area contributed by atoms with Crippen molar-refractivity contribution in [1.29, 1.82) is 0 Å². The number of carbonyl (C=O) groups is 1. The van der Waals surface area contributed by atoms with Crippen LogP contribution in [0.15, 0.2) is 10.7 Å². The zero-order valence-electron chi connectivity index (χ0n) is 13.3. The summed E-state index contributed by atoms with van der Waals surface area (Å²) >= 11 is 0. The van der Waals surface area contributed by atoms with Crippen molar-refractivity contribution in [1.82, 2.24) is 9.88 Å². The minimum absolute atomic E-state index is 0.105. The van der Waals surface area contributed by atoms with E-state index in [0.717, 1.165) is 31.7 Å². The second-order valence-corrected chi connectivity index (χ2v) is 7.31. The van der Waals surface area contributed by atoms with Gasteiger partial charge in [-0.05, 0) is 44.4 Å². The topological polar surface area (TPSA) is 46.3 Å². The second kappa shape index (κ2) is 6.05. The summed E-state index contributed by atoms with van der Waals surface area (Å²) in [5.41, 5.74) is 0.535. The molecule has 2 heterocycles. The molecule has 3 aliphatic rings. The van der Waals surface area contributed by atoms with Crippen molar-refractivity contribution in [2.24, 2.45) is 5.92 Å². The number of oxazole rings is 1. The molecule has 0 N–H and O–H groups in total. The highest BCUT2D eigenvalue weighted by Gasteiger charge is 2.36. The molecule has 0 unspecified atom stereocenters. The molecule has 22 heavy (non-hydrogen) atoms. The summed E-state index contributed by atoms with van der Waals surface area (Å²) < 4.78 is 5.59. The molecule has 1 aromatic heterocycles. The summed E-state index contributed by atoms with van der Waals surface area (Å²) in [5, 5.41) is 0. The Balaban J connectivity index is 1.53. The van der Waals surface area contributed by atoms with E-state index in [0.29, 0.717) is 23.6 Å². The van der Waals surface area contributed by atoms with Crippen molar-refractivity contribution < 1.29 is 9.21 Å². The highest BCUT2D eigenvalue weighted by molar-refractivity contribution is 5.92. The van der Waals surface area contributed by atoms with Gasteiger partial charge < -0.3 is 9.32 Å². The van der Waals surface area contributed by atoms with E-state index < -0.39 is 0 Å². The Bertz CT molecular complexity index is 535. The molecule has 4 rings (SSSR count). The van der Waals surface area contributed by atoms with E-state index in [4.69, 9.17) is 4.42 Å². The first-order valence-electron chi connectivity index (χ1n) is 9.09. The van der Waals surface area contributed by atoms with Gasteiger partial charge in [-0.25, -0.2) is 4.98 Å². The number of nitrogens with zero attached hydrogens (tertiary/aromatic N) is 2. The minimum atomic E-state index is 0.105. The highest BCUT2D eigenvalue weighted by atomic mass is 16.3. The van der Waals surface area contributed by atoms with Gasteiger partial charge in [-0.15, -0.1) is 0 Å². The summed E-state index contributed by atoms with van der Waals surface area (Å²) in [6, 6.07) is 0.438. The minimum Gasteiger partial charge on any atom is -0.448 e. The highest BCUT2D eigenvalue weighted by Crippen LogP contribution is 2.37. The first-order chi connectivity index (χ1) is 10.8. The molecule has 2 aliphatic carbocycles. The third kappa shape index (κ3) is 2.57. The van der Waals surface area contributed by atoms with E-state index in [1.165, 1.54) is 44.9 Å². The molecule has 4 heteroatoms. The average molecular weight is 302 g/mol. The molecule has 0 spiro atoms. The summed E-state index contributed by atoms with van der Waals surface area (Å²) in [6.45, 7) is 0.894. The standard InChI is InChI=1S/C18H26N2O2/c21-18(15-12-22-17(19-15)14-8-5-9-14)20-11-4-3-7-13-6-1-2-10-16(13)20/h12-14,16H,1-11H2/t13-,16-/m1/s1. The van der Waals surface area contributed by atoms with Crippen LogP contribution in [0.25, 0.3) is 0 Å². The van der Waals surface area contributed by atoms with E-state index in [9.17, 15) is 4.79 Å². The third-order valence-corrected chi connectivity index (χ3v) is 5.95. The monoisotopic (exact) mass is 302 g/mol. The van der Waals surface area contributed by atoms with Gasteiger partial charge in [-0.3, -0.25) is 4.79 Å². The Hall–Kier alpha value is -1.32. The van der Waals surface area contributed by atoms with Crippen molar-refractivity contribution in [3.05, 3.63) is 17.8 Å². The van der Waals surface area contributed by atoms with Gasteiger partial charge in [0.1, 0.15) is 6.26 Å². The maximum Gasteiger partial charge on any atom is 0.276 e. The van der Waals surface area contributed by atoms with Crippen LogP contribution in [0.1, 0.15) is 86.5 Å². The van der Waals surface area contributed by atoms with E-state index in [2.05, 4.69) is 9.88 Å². The van der Waals surface area contributed by atoms with Crippen molar-refractivity contribution in [3.8, 4) is 0 Å². The maximum absolute atomic E-state index is 13.0. The molecule has 0 aromatic carbocycles. The number of hydrogen-bond acceptors (Lipinski definition) is 3. The van der Waals surface area contributed by atoms with E-state index >= 15 is 0 Å². The van der Waals surface area contributed by atoms with Gasteiger partial charge in [0.25, 0.3) is 5.91 Å². The number of hydrogen-bond donors (Lipinski definition) is 0. The van der Waals surface area contributed by atoms with E-state index in [1.807, 2.05) is 0 Å². The van der Waals surface area contributed by atoms with Gasteiger partial charge in [-0.2, -0.15) is 0 Å². The fourth-order valence-electron chi connectivity index (χ4n) is 4.42. The Morgan fingerprint density at radius 3 is 2.59 bits per heavy atom. The zero-order valence-corrected chi connectivity index (χ0v) is 13.3. The van der Waals surface area contributed by atoms with Crippen LogP contribution in [-0.2, 0) is 0 Å². The predicted octanol–water partition coefficient (Wildman–Crippen LogP) is 4.13. The molecule has 0 bridgehead atoms. The van der Waals surface area contributed by atoms with Crippen molar-refractivity contribution in [3.63, 3.8) is 0 Å². The van der Waals surface area contributed by atoms with Gasteiger partial charge in [0, 0.05) is 18.5 Å². The molecule has 4 nitrogen and oxygen atoms in total. The van der Waals surface area contributed by atoms with Crippen molar-refractivity contribution in [2.45, 2.75) is 76.2 Å². The quantitative estimate of drug-likeness (QED) is 0.825. The molecule has 2 atom stereocenters. The maximum atomic E-state index is 13.0. The smallest absolute Gasteiger partial charge is 0.276 e. The Kier molecular flexibility index (Phi) is 3.93. The zero-order chi connectivity index (χ0) is 14.9. The van der Waals surface area contributed by atoms with Gasteiger partial charge >= 0.3 is 0 Å². The molecule has 1 aromatic rings. The Morgan fingerprint density at radius 1 is 1.05 bits per heavy atom. The lowest BCUT2D eigenvalue weighted by Gasteiger charge is -2.37. The largest absolute Gasteiger partial charge is 0.448 e. The number of fused-ring (bicyclic) bond motifs is 1. The molecule has 1 aliphatic heterocycles. The van der Waals surface area contributed by atoms with Crippen LogP contribution in [-0.4, -0.2) is 28.4 Å². The van der Waals surface area contributed by atoms with Crippen LogP contribution in [0.3, 0.4) is 0 Å². The van der Waals surface area contributed by atoms with Gasteiger partial charge in [0.05, 0.1) is 0 Å². The molecule has 2 saturated carbocycles. The van der Waals surface area contributed by atoms with Crippen molar-refractivity contribution >= 4 is 5.91 Å². The predicted molar refractivity (Wildman–Crippen MR) is 83.7 cm³/mol. The van der Waals surface area contributed by atoms with Gasteiger partial charge in [0.15, 0.2) is 11.6 Å². The lowest BCUT2D eigenvalue weighted by atomic mass is 9.81. The third-order valence-electron chi connectivity index (χ3n) is 5.95. The Labute approximate surface area is 132 Å². The summed E-state index contributed by atoms with van der Waals surface area (Å²) in [5.74, 6) is 2.05. The fraction of sp³-hybridized carbons (Fsp3) is 0.778. The van der Waals surface area contributed by atoms with E-state index in [1.54, 1.807) is 6.26 Å². The SMILES string of the molecule is O=C(c1coc(C2CCC2)n1)N1CCCC[C@H]2CCCC[C@H]21. The fourth-order valence-corrected chi connectivity index (χ4v) is 4.42. The first-order valence-corrected chi connectivity index (χ1v) is 9.09. The molecule has 1 amide bonds. The molecular weight excluding hydrogens is 276 g/mol. The van der Waals surface area contributed by atoms with Crippen LogP contribution in [0.2, 0.25) is 0 Å². The van der Waals surface area contributed by atoms with E-state index in [-0.39, 0.29) is 5.91 Å². The summed E-state index contributed by atoms with van der Waals surface area (Å²) in [7, 11) is 0. The van der Waals surface area contributed by atoms with Gasteiger partial charge in [0.2, 0.25) is 0 Å². The summed E-state index contributed by atoms with van der Waals surface area (Å²) in [4.78, 5) is 19.6. The van der Waals surface area contributed by atoms with Crippen LogP contribution in [0, 0.1) is 5.92 Å². The lowest BCUT2D eigenvalue weighted by Crippen LogP contribution is -2.45. The van der Waals surface area contributed by atoms with Crippen molar-refractivity contribution in [2.75, 3.05) is 6.54 Å². The second-order valence-electron chi connectivity index (χ2n) is 7.31. The molecule has 0 radical (unpaired) electrons. The van der Waals surface area contributed by atoms with Gasteiger partial charge in [-0.1, -0.05) is 25.7 Å². The lowest BCUT2D eigenvalue weighted by molar-refractivity contribution is 0.0563. The molecule has 1 saturated heterocycles. The molecule has 120 valence electrons. The van der Waals surface area contributed by atoms with Crippen LogP contribution < -0.4 is 0 Å². The number of carbonyl (C=O) groups excluding carboxylic acids is 1. The summed E-state index contributed by atoms with van der Waals surface area (Å²) in [6.07, 6.45) is 13.9.